The number of hydrogen-bond donors (Lipinski definition) is 0. The average Bonchev–Trinajstić information content (AvgIpc) is 2.87. The van der Waals surface area contributed by atoms with Crippen LogP contribution >= 0.6 is 15.9 Å². The van der Waals surface area contributed by atoms with Crippen LogP contribution in [-0.4, -0.2) is 23.6 Å². The molecule has 0 spiro atoms. The molecule has 0 bridgehead atoms. The molecule has 2 aromatic carbocycles. The van der Waals surface area contributed by atoms with Crippen LogP contribution in [0.25, 0.3) is 0 Å². The Kier molecular flexibility index (Phi) is 3.00. The van der Waals surface area contributed by atoms with E-state index in [4.69, 9.17) is 4.74 Å². The van der Waals surface area contributed by atoms with E-state index in [0.717, 1.165) is 16.5 Å². The lowest BCUT2D eigenvalue weighted by Crippen LogP contribution is -2.42. The zero-order valence-electron chi connectivity index (χ0n) is 11.3. The van der Waals surface area contributed by atoms with Crippen LogP contribution < -0.4 is 0 Å². The summed E-state index contributed by atoms with van der Waals surface area (Å²) >= 11 is 3.46. The molecule has 2 atom stereocenters. The molecule has 2 aliphatic rings. The number of amides is 1. The first-order valence-corrected chi connectivity index (χ1v) is 7.82. The lowest BCUT2D eigenvalue weighted by atomic mass is 9.85. The van der Waals surface area contributed by atoms with Crippen molar-refractivity contribution in [1.82, 2.24) is 4.90 Å². The minimum Gasteiger partial charge on any atom is -0.447 e. The van der Waals surface area contributed by atoms with Gasteiger partial charge in [0, 0.05) is 4.47 Å². The van der Waals surface area contributed by atoms with Gasteiger partial charge in [0.05, 0.1) is 12.1 Å². The van der Waals surface area contributed by atoms with Crippen LogP contribution in [0.15, 0.2) is 53.0 Å². The maximum atomic E-state index is 12.2. The number of nitrogens with zero attached hydrogens (tertiary/aromatic N) is 1. The predicted molar refractivity (Wildman–Crippen MR) is 83.1 cm³/mol. The van der Waals surface area contributed by atoms with Gasteiger partial charge in [-0.1, -0.05) is 52.3 Å². The van der Waals surface area contributed by atoms with E-state index in [2.05, 4.69) is 46.3 Å². The second-order valence-electron chi connectivity index (χ2n) is 5.50. The van der Waals surface area contributed by atoms with Gasteiger partial charge < -0.3 is 4.74 Å². The molecule has 0 N–H and O–H groups in total. The van der Waals surface area contributed by atoms with Crippen LogP contribution in [0.4, 0.5) is 4.79 Å². The van der Waals surface area contributed by atoms with Gasteiger partial charge in [0.25, 0.3) is 0 Å². The van der Waals surface area contributed by atoms with Crippen molar-refractivity contribution in [3.63, 3.8) is 0 Å². The zero-order chi connectivity index (χ0) is 14.4. The molecule has 0 unspecified atom stereocenters. The largest absolute Gasteiger partial charge is 0.447 e. The Hall–Kier alpha value is -1.81. The summed E-state index contributed by atoms with van der Waals surface area (Å²) in [4.78, 5) is 14.1. The van der Waals surface area contributed by atoms with E-state index in [1.165, 1.54) is 11.1 Å². The standard InChI is InChI=1S/C17H14BrNO2/c18-13-7-5-11(6-8-13)16-15-4-2-1-3-12(15)9-14-10-21-17(20)19(14)16/h1-8,14,16H,9-10H2/t14-,16+/m0/s1. The number of carbonyl (C=O) groups is 1. The Balaban J connectivity index is 1.88. The van der Waals surface area contributed by atoms with Gasteiger partial charge in [0.2, 0.25) is 0 Å². The monoisotopic (exact) mass is 343 g/mol. The third-order valence-electron chi connectivity index (χ3n) is 4.27. The molecule has 0 aromatic heterocycles. The van der Waals surface area contributed by atoms with Crippen LogP contribution in [-0.2, 0) is 11.2 Å². The molecule has 0 saturated carbocycles. The Morgan fingerprint density at radius 2 is 1.86 bits per heavy atom. The van der Waals surface area contributed by atoms with Crippen molar-refractivity contribution in [2.24, 2.45) is 0 Å². The van der Waals surface area contributed by atoms with Gasteiger partial charge in [-0.05, 0) is 35.2 Å². The average molecular weight is 344 g/mol. The topological polar surface area (TPSA) is 29.5 Å². The summed E-state index contributed by atoms with van der Waals surface area (Å²) in [5.41, 5.74) is 3.63. The highest BCUT2D eigenvalue weighted by atomic mass is 79.9. The number of benzene rings is 2. The number of fused-ring (bicyclic) bond motifs is 2. The molecular formula is C17H14BrNO2. The van der Waals surface area contributed by atoms with Crippen molar-refractivity contribution in [2.75, 3.05) is 6.61 Å². The Labute approximate surface area is 131 Å². The number of ether oxygens (including phenoxy) is 1. The number of halogens is 1. The summed E-state index contributed by atoms with van der Waals surface area (Å²) < 4.78 is 6.32. The lowest BCUT2D eigenvalue weighted by molar-refractivity contribution is 0.148. The normalized spacial score (nSPS) is 23.5. The zero-order valence-corrected chi connectivity index (χ0v) is 12.9. The van der Waals surface area contributed by atoms with Gasteiger partial charge in [-0.25, -0.2) is 4.79 Å². The summed E-state index contributed by atoms with van der Waals surface area (Å²) in [5, 5.41) is 0. The van der Waals surface area contributed by atoms with Crippen LogP contribution in [0.2, 0.25) is 0 Å². The van der Waals surface area contributed by atoms with Crippen molar-refractivity contribution < 1.29 is 9.53 Å². The number of hydrogen-bond acceptors (Lipinski definition) is 2. The number of rotatable bonds is 1. The highest BCUT2D eigenvalue weighted by Gasteiger charge is 2.43. The Morgan fingerprint density at radius 3 is 2.67 bits per heavy atom. The van der Waals surface area contributed by atoms with Crippen LogP contribution in [0.1, 0.15) is 22.7 Å². The lowest BCUT2D eigenvalue weighted by Gasteiger charge is -2.37. The fraction of sp³-hybridized carbons (Fsp3) is 0.235. The van der Waals surface area contributed by atoms with Crippen LogP contribution in [0.5, 0.6) is 0 Å². The molecule has 2 heterocycles. The maximum absolute atomic E-state index is 12.2. The van der Waals surface area contributed by atoms with E-state index < -0.39 is 0 Å². The molecular weight excluding hydrogens is 330 g/mol. The van der Waals surface area contributed by atoms with Gasteiger partial charge in [-0.3, -0.25) is 4.90 Å². The molecule has 21 heavy (non-hydrogen) atoms. The van der Waals surface area contributed by atoms with Gasteiger partial charge in [-0.15, -0.1) is 0 Å². The van der Waals surface area contributed by atoms with E-state index in [1.807, 2.05) is 23.1 Å². The second-order valence-corrected chi connectivity index (χ2v) is 6.41. The maximum Gasteiger partial charge on any atom is 0.411 e. The molecule has 2 aromatic rings. The highest BCUT2D eigenvalue weighted by Crippen LogP contribution is 2.40. The minimum absolute atomic E-state index is 0.0527. The van der Waals surface area contributed by atoms with E-state index in [1.54, 1.807) is 0 Å². The van der Waals surface area contributed by atoms with Gasteiger partial charge in [-0.2, -0.15) is 0 Å². The Bertz CT molecular complexity index is 698. The Morgan fingerprint density at radius 1 is 1.10 bits per heavy atom. The molecule has 4 rings (SSSR count). The van der Waals surface area contributed by atoms with Crippen molar-refractivity contribution in [3.05, 3.63) is 69.7 Å². The summed E-state index contributed by atoms with van der Waals surface area (Å²) in [6, 6.07) is 16.6. The molecule has 2 aliphatic heterocycles. The molecule has 4 heteroatoms. The molecule has 1 amide bonds. The van der Waals surface area contributed by atoms with Gasteiger partial charge >= 0.3 is 6.09 Å². The van der Waals surface area contributed by atoms with Crippen molar-refractivity contribution in [2.45, 2.75) is 18.5 Å². The fourth-order valence-electron chi connectivity index (χ4n) is 3.32. The summed E-state index contributed by atoms with van der Waals surface area (Å²) in [6.45, 7) is 0.486. The number of carbonyl (C=O) groups excluding carboxylic acids is 1. The quantitative estimate of drug-likeness (QED) is 0.785. The van der Waals surface area contributed by atoms with Gasteiger partial charge in [0.15, 0.2) is 0 Å². The van der Waals surface area contributed by atoms with E-state index in [9.17, 15) is 4.79 Å². The van der Waals surface area contributed by atoms with Crippen molar-refractivity contribution in [3.8, 4) is 0 Å². The molecule has 1 saturated heterocycles. The summed E-state index contributed by atoms with van der Waals surface area (Å²) in [7, 11) is 0. The summed E-state index contributed by atoms with van der Waals surface area (Å²) in [5.74, 6) is 0. The number of cyclic esters (lactones) is 1. The van der Waals surface area contributed by atoms with E-state index in [-0.39, 0.29) is 18.2 Å². The molecule has 3 nitrogen and oxygen atoms in total. The summed E-state index contributed by atoms with van der Waals surface area (Å²) in [6.07, 6.45) is 0.664. The van der Waals surface area contributed by atoms with E-state index in [0.29, 0.717) is 6.61 Å². The van der Waals surface area contributed by atoms with Crippen molar-refractivity contribution in [1.29, 1.82) is 0 Å². The third kappa shape index (κ3) is 2.05. The molecule has 0 aliphatic carbocycles. The van der Waals surface area contributed by atoms with Crippen molar-refractivity contribution >= 4 is 22.0 Å². The predicted octanol–water partition coefficient (Wildman–Crippen LogP) is 3.92. The van der Waals surface area contributed by atoms with Crippen LogP contribution in [0.3, 0.4) is 0 Å². The first-order chi connectivity index (χ1) is 10.2. The smallest absolute Gasteiger partial charge is 0.411 e. The fourth-order valence-corrected chi connectivity index (χ4v) is 3.58. The minimum atomic E-state index is -0.206. The second kappa shape index (κ2) is 4.88. The molecule has 0 radical (unpaired) electrons. The first-order valence-electron chi connectivity index (χ1n) is 7.02. The molecule has 106 valence electrons. The SMILES string of the molecule is O=C1OC[C@@H]2Cc3ccccc3[C@@H](c3ccc(Br)cc3)N12. The van der Waals surface area contributed by atoms with Crippen LogP contribution in [0, 0.1) is 0 Å². The third-order valence-corrected chi connectivity index (χ3v) is 4.80. The highest BCUT2D eigenvalue weighted by molar-refractivity contribution is 9.10. The van der Waals surface area contributed by atoms with E-state index >= 15 is 0 Å². The van der Waals surface area contributed by atoms with Gasteiger partial charge in [0.1, 0.15) is 6.61 Å². The molecule has 1 fully saturated rings. The first kappa shape index (κ1) is 12.9.